The van der Waals surface area contributed by atoms with Gasteiger partial charge in [0, 0.05) is 18.6 Å². The molecule has 104 valence electrons. The van der Waals surface area contributed by atoms with E-state index in [2.05, 4.69) is 0 Å². The quantitative estimate of drug-likeness (QED) is 0.837. The number of ether oxygens (including phenoxy) is 1. The maximum absolute atomic E-state index is 13.2. The smallest absolute Gasteiger partial charge is 0.169 e. The van der Waals surface area contributed by atoms with Crippen molar-refractivity contribution in [3.63, 3.8) is 0 Å². The summed E-state index contributed by atoms with van der Waals surface area (Å²) in [7, 11) is 1.58. The summed E-state index contributed by atoms with van der Waals surface area (Å²) in [5.74, 6) is -0.371. The number of carbonyl (C=O) groups is 1. The summed E-state index contributed by atoms with van der Waals surface area (Å²) in [6.45, 7) is 0. The van der Waals surface area contributed by atoms with Gasteiger partial charge in [-0.05, 0) is 36.6 Å². The lowest BCUT2D eigenvalue weighted by Crippen LogP contribution is -2.43. The van der Waals surface area contributed by atoms with Crippen molar-refractivity contribution in [1.29, 1.82) is 0 Å². The molecule has 1 aromatic rings. The molecule has 1 saturated carbocycles. The van der Waals surface area contributed by atoms with Gasteiger partial charge >= 0.3 is 0 Å². The van der Waals surface area contributed by atoms with Crippen LogP contribution in [0.5, 0.6) is 0 Å². The Morgan fingerprint density at radius 3 is 2.68 bits per heavy atom. The summed E-state index contributed by atoms with van der Waals surface area (Å²) in [6, 6.07) is 4.11. The van der Waals surface area contributed by atoms with Gasteiger partial charge in [0.1, 0.15) is 11.4 Å². The van der Waals surface area contributed by atoms with Crippen molar-refractivity contribution in [3.05, 3.63) is 34.6 Å². The van der Waals surface area contributed by atoms with Gasteiger partial charge in [0.15, 0.2) is 5.78 Å². The molecule has 1 aliphatic rings. The lowest BCUT2D eigenvalue weighted by atomic mass is 9.79. The highest BCUT2D eigenvalue weighted by Crippen LogP contribution is 2.33. The lowest BCUT2D eigenvalue weighted by molar-refractivity contribution is -0.144. The Morgan fingerprint density at radius 1 is 1.37 bits per heavy atom. The van der Waals surface area contributed by atoms with Crippen LogP contribution < -0.4 is 0 Å². The van der Waals surface area contributed by atoms with Gasteiger partial charge in [-0.15, -0.1) is 0 Å². The number of hydrogen-bond donors (Lipinski definition) is 0. The minimum atomic E-state index is -0.700. The predicted octanol–water partition coefficient (Wildman–Crippen LogP) is 3.94. The first kappa shape index (κ1) is 14.5. The van der Waals surface area contributed by atoms with Crippen LogP contribution in [0.25, 0.3) is 0 Å². The minimum absolute atomic E-state index is 0.00204. The Hall–Kier alpha value is -0.930. The van der Waals surface area contributed by atoms with Crippen molar-refractivity contribution in [2.24, 2.45) is 0 Å². The second-order valence-corrected chi connectivity index (χ2v) is 5.50. The monoisotopic (exact) mass is 284 g/mol. The molecule has 0 unspecified atom stereocenters. The molecule has 0 saturated heterocycles. The fraction of sp³-hybridized carbons (Fsp3) is 0.533. The van der Waals surface area contributed by atoms with Gasteiger partial charge < -0.3 is 4.74 Å². The molecular formula is C15H18ClFO2. The van der Waals surface area contributed by atoms with E-state index in [1.807, 2.05) is 0 Å². The molecule has 1 fully saturated rings. The van der Waals surface area contributed by atoms with E-state index in [1.165, 1.54) is 18.2 Å². The van der Waals surface area contributed by atoms with Crippen LogP contribution in [0.1, 0.15) is 37.7 Å². The SMILES string of the molecule is COC1(C(=O)Cc2cc(F)ccc2Cl)CCCCC1. The Labute approximate surface area is 117 Å². The molecule has 0 spiro atoms. The van der Waals surface area contributed by atoms with E-state index in [0.717, 1.165) is 32.1 Å². The third-order valence-electron chi connectivity index (χ3n) is 3.92. The molecule has 0 heterocycles. The highest BCUT2D eigenvalue weighted by atomic mass is 35.5. The molecule has 4 heteroatoms. The molecule has 0 aliphatic heterocycles. The molecule has 0 atom stereocenters. The molecule has 0 N–H and O–H groups in total. The first-order valence-electron chi connectivity index (χ1n) is 6.60. The van der Waals surface area contributed by atoms with Crippen LogP contribution in [0.4, 0.5) is 4.39 Å². The summed E-state index contributed by atoms with van der Waals surface area (Å²) in [4.78, 5) is 12.5. The number of methoxy groups -OCH3 is 1. The number of halogens is 2. The highest BCUT2D eigenvalue weighted by Gasteiger charge is 2.39. The van der Waals surface area contributed by atoms with Crippen LogP contribution in [0.15, 0.2) is 18.2 Å². The van der Waals surface area contributed by atoms with Gasteiger partial charge in [-0.25, -0.2) is 4.39 Å². The number of rotatable bonds is 4. The number of Topliss-reactive ketones (excluding diaryl/α,β-unsaturated/α-hetero) is 1. The molecule has 1 aromatic carbocycles. The fourth-order valence-electron chi connectivity index (χ4n) is 2.73. The third-order valence-corrected chi connectivity index (χ3v) is 4.29. The number of benzene rings is 1. The minimum Gasteiger partial charge on any atom is -0.370 e. The first-order valence-corrected chi connectivity index (χ1v) is 6.97. The van der Waals surface area contributed by atoms with Crippen molar-refractivity contribution in [2.75, 3.05) is 7.11 Å². The molecule has 0 aromatic heterocycles. The Balaban J connectivity index is 2.17. The van der Waals surface area contributed by atoms with Gasteiger partial charge in [0.05, 0.1) is 0 Å². The number of ketones is 1. The van der Waals surface area contributed by atoms with Gasteiger partial charge in [0.2, 0.25) is 0 Å². The second-order valence-electron chi connectivity index (χ2n) is 5.09. The summed E-state index contributed by atoms with van der Waals surface area (Å²) >= 11 is 6.01. The normalized spacial score (nSPS) is 18.3. The first-order chi connectivity index (χ1) is 9.07. The Kier molecular flexibility index (Phi) is 4.58. The summed E-state index contributed by atoms with van der Waals surface area (Å²) in [5.41, 5.74) is -0.165. The van der Waals surface area contributed by atoms with Crippen molar-refractivity contribution in [3.8, 4) is 0 Å². The van der Waals surface area contributed by atoms with E-state index in [-0.39, 0.29) is 18.0 Å². The van der Waals surface area contributed by atoms with Crippen molar-refractivity contribution < 1.29 is 13.9 Å². The highest BCUT2D eigenvalue weighted by molar-refractivity contribution is 6.31. The standard InChI is InChI=1S/C15H18ClFO2/c1-19-15(7-3-2-4-8-15)14(18)10-11-9-12(17)5-6-13(11)16/h5-6,9H,2-4,7-8,10H2,1H3. The van der Waals surface area contributed by atoms with Gasteiger partial charge in [-0.2, -0.15) is 0 Å². The van der Waals surface area contributed by atoms with Crippen LogP contribution in [0, 0.1) is 5.82 Å². The molecule has 0 bridgehead atoms. The zero-order chi connectivity index (χ0) is 13.9. The topological polar surface area (TPSA) is 26.3 Å². The molecule has 0 amide bonds. The zero-order valence-electron chi connectivity index (χ0n) is 11.0. The fourth-order valence-corrected chi connectivity index (χ4v) is 2.92. The zero-order valence-corrected chi connectivity index (χ0v) is 11.8. The van der Waals surface area contributed by atoms with Gasteiger partial charge in [0.25, 0.3) is 0 Å². The largest absolute Gasteiger partial charge is 0.370 e. The average Bonchev–Trinajstić information content (AvgIpc) is 2.43. The van der Waals surface area contributed by atoms with Gasteiger partial charge in [-0.3, -0.25) is 4.79 Å². The molecular weight excluding hydrogens is 267 g/mol. The summed E-state index contributed by atoms with van der Waals surface area (Å²) < 4.78 is 18.7. The van der Waals surface area contributed by atoms with Gasteiger partial charge in [-0.1, -0.05) is 30.9 Å². The van der Waals surface area contributed by atoms with Crippen molar-refractivity contribution in [1.82, 2.24) is 0 Å². The van der Waals surface area contributed by atoms with Crippen LogP contribution in [0.3, 0.4) is 0 Å². The third kappa shape index (κ3) is 3.15. The van der Waals surface area contributed by atoms with E-state index >= 15 is 0 Å². The van der Waals surface area contributed by atoms with Crippen LogP contribution in [-0.4, -0.2) is 18.5 Å². The predicted molar refractivity (Wildman–Crippen MR) is 72.9 cm³/mol. The molecule has 19 heavy (non-hydrogen) atoms. The van der Waals surface area contributed by atoms with E-state index in [9.17, 15) is 9.18 Å². The Bertz CT molecular complexity index is 467. The molecule has 0 radical (unpaired) electrons. The van der Waals surface area contributed by atoms with Crippen LogP contribution in [-0.2, 0) is 16.0 Å². The average molecular weight is 285 g/mol. The van der Waals surface area contributed by atoms with E-state index in [1.54, 1.807) is 7.11 Å². The van der Waals surface area contributed by atoms with E-state index in [4.69, 9.17) is 16.3 Å². The summed E-state index contributed by atoms with van der Waals surface area (Å²) in [6.07, 6.45) is 4.75. The maximum Gasteiger partial charge on any atom is 0.169 e. The lowest BCUT2D eigenvalue weighted by Gasteiger charge is -2.34. The van der Waals surface area contributed by atoms with Crippen LogP contribution in [0.2, 0.25) is 5.02 Å². The summed E-state index contributed by atoms with van der Waals surface area (Å²) in [5, 5.41) is 0.428. The Morgan fingerprint density at radius 2 is 2.05 bits per heavy atom. The maximum atomic E-state index is 13.2. The number of hydrogen-bond acceptors (Lipinski definition) is 2. The van der Waals surface area contributed by atoms with Crippen molar-refractivity contribution in [2.45, 2.75) is 44.1 Å². The number of carbonyl (C=O) groups excluding carboxylic acids is 1. The van der Waals surface area contributed by atoms with E-state index < -0.39 is 5.60 Å². The van der Waals surface area contributed by atoms with Crippen molar-refractivity contribution >= 4 is 17.4 Å². The second kappa shape index (κ2) is 6.02. The van der Waals surface area contributed by atoms with Crippen LogP contribution >= 0.6 is 11.6 Å². The van der Waals surface area contributed by atoms with E-state index in [0.29, 0.717) is 10.6 Å². The molecule has 1 aliphatic carbocycles. The molecule has 2 rings (SSSR count). The molecule has 2 nitrogen and oxygen atoms in total.